The maximum Gasteiger partial charge on any atom is 0.302 e. The molecule has 84 valence electrons. The zero-order valence-corrected chi connectivity index (χ0v) is 10.2. The van der Waals surface area contributed by atoms with Crippen molar-refractivity contribution in [2.45, 2.75) is 27.2 Å². The van der Waals surface area contributed by atoms with Crippen LogP contribution < -0.4 is 0 Å². The molecule has 0 aliphatic rings. The molecule has 4 heteroatoms. The molecule has 0 saturated heterocycles. The molecule has 3 nitrogen and oxygen atoms in total. The average molecular weight is 220 g/mol. The Morgan fingerprint density at radius 3 is 2.36 bits per heavy atom. The second kappa shape index (κ2) is 6.98. The third-order valence-electron chi connectivity index (χ3n) is 2.22. The van der Waals surface area contributed by atoms with E-state index in [2.05, 4.69) is 13.8 Å². The Balaban J connectivity index is 3.89. The molecule has 0 aliphatic heterocycles. The monoisotopic (exact) mass is 220 g/mol. The van der Waals surface area contributed by atoms with Gasteiger partial charge in [-0.3, -0.25) is 9.00 Å². The predicted octanol–water partition coefficient (Wildman–Crippen LogP) is 1.59. The van der Waals surface area contributed by atoms with Crippen LogP contribution in [0.15, 0.2) is 0 Å². The van der Waals surface area contributed by atoms with Crippen LogP contribution in [0.4, 0.5) is 0 Å². The van der Waals surface area contributed by atoms with E-state index in [1.807, 2.05) is 0 Å². The zero-order valence-electron chi connectivity index (χ0n) is 9.41. The quantitative estimate of drug-likeness (QED) is 0.638. The summed E-state index contributed by atoms with van der Waals surface area (Å²) in [6.07, 6.45) is 2.55. The van der Waals surface area contributed by atoms with Crippen molar-refractivity contribution in [2.75, 3.05) is 18.6 Å². The highest BCUT2D eigenvalue weighted by atomic mass is 32.2. The van der Waals surface area contributed by atoms with Gasteiger partial charge in [0.1, 0.15) is 0 Å². The number of rotatable bonds is 6. The number of hydrogen-bond acceptors (Lipinski definition) is 3. The largest absolute Gasteiger partial charge is 0.466 e. The highest BCUT2D eigenvalue weighted by Gasteiger charge is 2.15. The molecule has 0 aliphatic carbocycles. The third kappa shape index (κ3) is 7.06. The summed E-state index contributed by atoms with van der Waals surface area (Å²) in [6, 6.07) is 0. The SMILES string of the molecule is CC(=O)OCC(CCS(C)=O)C(C)C. The van der Waals surface area contributed by atoms with Gasteiger partial charge >= 0.3 is 5.97 Å². The van der Waals surface area contributed by atoms with Crippen molar-refractivity contribution in [3.05, 3.63) is 0 Å². The molecule has 0 saturated carbocycles. The van der Waals surface area contributed by atoms with E-state index in [1.54, 1.807) is 6.26 Å². The lowest BCUT2D eigenvalue weighted by molar-refractivity contribution is -0.142. The van der Waals surface area contributed by atoms with Crippen LogP contribution in [-0.4, -0.2) is 28.8 Å². The predicted molar refractivity (Wildman–Crippen MR) is 58.5 cm³/mol. The molecule has 0 aromatic rings. The molecule has 0 spiro atoms. The Kier molecular flexibility index (Phi) is 6.79. The van der Waals surface area contributed by atoms with Crippen LogP contribution in [-0.2, 0) is 20.3 Å². The highest BCUT2D eigenvalue weighted by molar-refractivity contribution is 7.84. The van der Waals surface area contributed by atoms with Gasteiger partial charge < -0.3 is 4.74 Å². The summed E-state index contributed by atoms with van der Waals surface area (Å²) in [5.41, 5.74) is 0. The van der Waals surface area contributed by atoms with Gasteiger partial charge in [-0.2, -0.15) is 0 Å². The molecule has 0 bridgehead atoms. The van der Waals surface area contributed by atoms with Crippen molar-refractivity contribution in [1.29, 1.82) is 0 Å². The zero-order chi connectivity index (χ0) is 11.1. The van der Waals surface area contributed by atoms with E-state index in [0.29, 0.717) is 24.2 Å². The minimum atomic E-state index is -0.757. The summed E-state index contributed by atoms with van der Waals surface area (Å²) < 4.78 is 15.9. The fraction of sp³-hybridized carbons (Fsp3) is 0.900. The minimum Gasteiger partial charge on any atom is -0.466 e. The van der Waals surface area contributed by atoms with Gasteiger partial charge in [-0.25, -0.2) is 0 Å². The van der Waals surface area contributed by atoms with Gasteiger partial charge in [0.2, 0.25) is 0 Å². The van der Waals surface area contributed by atoms with Gasteiger partial charge in [-0.1, -0.05) is 13.8 Å². The first-order valence-electron chi connectivity index (χ1n) is 4.87. The lowest BCUT2D eigenvalue weighted by Gasteiger charge is -2.19. The normalized spacial score (nSPS) is 15.2. The first-order chi connectivity index (χ1) is 6.43. The van der Waals surface area contributed by atoms with Crippen LogP contribution in [0.2, 0.25) is 0 Å². The first kappa shape index (κ1) is 13.6. The van der Waals surface area contributed by atoms with Crippen LogP contribution in [0.3, 0.4) is 0 Å². The lowest BCUT2D eigenvalue weighted by Crippen LogP contribution is -2.19. The summed E-state index contributed by atoms with van der Waals surface area (Å²) in [5.74, 6) is 1.22. The number of carbonyl (C=O) groups excluding carboxylic acids is 1. The van der Waals surface area contributed by atoms with Crippen molar-refractivity contribution in [2.24, 2.45) is 11.8 Å². The van der Waals surface area contributed by atoms with E-state index >= 15 is 0 Å². The molecule has 0 fully saturated rings. The van der Waals surface area contributed by atoms with Gasteiger partial charge in [0.05, 0.1) is 6.61 Å². The standard InChI is InChI=1S/C10H20O3S/c1-8(2)10(5-6-14(4)12)7-13-9(3)11/h8,10H,5-7H2,1-4H3. The van der Waals surface area contributed by atoms with Crippen molar-refractivity contribution < 1.29 is 13.7 Å². The van der Waals surface area contributed by atoms with Crippen LogP contribution in [0.25, 0.3) is 0 Å². The topological polar surface area (TPSA) is 43.4 Å². The molecule has 0 N–H and O–H groups in total. The Hall–Kier alpha value is -0.380. The smallest absolute Gasteiger partial charge is 0.302 e. The van der Waals surface area contributed by atoms with Gasteiger partial charge in [0.15, 0.2) is 0 Å². The number of esters is 1. The van der Waals surface area contributed by atoms with Crippen molar-refractivity contribution in [3.63, 3.8) is 0 Å². The minimum absolute atomic E-state index is 0.242. The van der Waals surface area contributed by atoms with Crippen LogP contribution in [0.5, 0.6) is 0 Å². The average Bonchev–Trinajstić information content (AvgIpc) is 2.02. The van der Waals surface area contributed by atoms with Crippen LogP contribution >= 0.6 is 0 Å². The molecule has 0 aromatic heterocycles. The summed E-state index contributed by atoms with van der Waals surface area (Å²) in [7, 11) is -0.757. The Morgan fingerprint density at radius 1 is 1.43 bits per heavy atom. The second-order valence-electron chi connectivity index (χ2n) is 3.87. The molecule has 14 heavy (non-hydrogen) atoms. The van der Waals surface area contributed by atoms with E-state index in [9.17, 15) is 9.00 Å². The molecular weight excluding hydrogens is 200 g/mol. The van der Waals surface area contributed by atoms with Gasteiger partial charge in [0.25, 0.3) is 0 Å². The van der Waals surface area contributed by atoms with E-state index in [4.69, 9.17) is 4.74 Å². The maximum atomic E-state index is 10.9. The number of ether oxygens (including phenoxy) is 1. The Morgan fingerprint density at radius 2 is 2.00 bits per heavy atom. The van der Waals surface area contributed by atoms with Gasteiger partial charge in [-0.15, -0.1) is 0 Å². The van der Waals surface area contributed by atoms with E-state index in [-0.39, 0.29) is 5.97 Å². The van der Waals surface area contributed by atoms with Crippen molar-refractivity contribution in [1.82, 2.24) is 0 Å². The second-order valence-corrected chi connectivity index (χ2v) is 5.43. The molecule has 2 atom stereocenters. The van der Waals surface area contributed by atoms with Crippen LogP contribution in [0, 0.1) is 11.8 Å². The van der Waals surface area contributed by atoms with Crippen molar-refractivity contribution in [3.8, 4) is 0 Å². The molecule has 0 aromatic carbocycles. The summed E-state index contributed by atoms with van der Waals surface area (Å²) >= 11 is 0. The number of hydrogen-bond donors (Lipinski definition) is 0. The van der Waals surface area contributed by atoms with Crippen LogP contribution in [0.1, 0.15) is 27.2 Å². The third-order valence-corrected chi connectivity index (χ3v) is 3.03. The molecule has 0 heterocycles. The molecular formula is C10H20O3S. The Bertz CT molecular complexity index is 184. The fourth-order valence-electron chi connectivity index (χ4n) is 1.15. The number of carbonyl (C=O) groups is 1. The van der Waals surface area contributed by atoms with Gasteiger partial charge in [0, 0.05) is 29.7 Å². The summed E-state index contributed by atoms with van der Waals surface area (Å²) in [6.45, 7) is 6.04. The lowest BCUT2D eigenvalue weighted by atomic mass is 9.94. The van der Waals surface area contributed by atoms with Gasteiger partial charge in [-0.05, 0) is 18.3 Å². The van der Waals surface area contributed by atoms with Crippen molar-refractivity contribution >= 4 is 16.8 Å². The highest BCUT2D eigenvalue weighted by Crippen LogP contribution is 2.16. The molecule has 0 amide bonds. The summed E-state index contributed by atoms with van der Waals surface area (Å²) in [5, 5.41) is 0. The Labute approximate surface area is 88.7 Å². The van der Waals surface area contributed by atoms with E-state index < -0.39 is 10.8 Å². The van der Waals surface area contributed by atoms with E-state index in [0.717, 1.165) is 6.42 Å². The molecule has 2 unspecified atom stereocenters. The summed E-state index contributed by atoms with van der Waals surface area (Å²) in [4.78, 5) is 10.6. The first-order valence-corrected chi connectivity index (χ1v) is 6.59. The fourth-order valence-corrected chi connectivity index (χ4v) is 1.79. The molecule has 0 rings (SSSR count). The maximum absolute atomic E-state index is 10.9. The van der Waals surface area contributed by atoms with E-state index in [1.165, 1.54) is 6.92 Å². The molecule has 0 radical (unpaired) electrons.